The number of sulfone groups is 1. The first-order valence-electron chi connectivity index (χ1n) is 9.19. The van der Waals surface area contributed by atoms with Crippen LogP contribution >= 0.6 is 0 Å². The lowest BCUT2D eigenvalue weighted by Crippen LogP contribution is -2.32. The number of carbonyl (C=O) groups excluding carboxylic acids is 1. The van der Waals surface area contributed by atoms with E-state index in [9.17, 15) is 13.2 Å². The normalized spacial score (nSPS) is 17.2. The second kappa shape index (κ2) is 8.37. The van der Waals surface area contributed by atoms with Gasteiger partial charge in [0.25, 0.3) is 5.91 Å². The van der Waals surface area contributed by atoms with Gasteiger partial charge in [0.1, 0.15) is 17.5 Å². The average molecular weight is 396 g/mol. The van der Waals surface area contributed by atoms with Crippen LogP contribution in [-0.4, -0.2) is 42.7 Å². The van der Waals surface area contributed by atoms with Crippen molar-refractivity contribution in [3.63, 3.8) is 0 Å². The van der Waals surface area contributed by atoms with Crippen molar-refractivity contribution in [2.24, 2.45) is 0 Å². The second-order valence-electron chi connectivity index (χ2n) is 8.11. The molecule has 1 aliphatic carbocycles. The number of rotatable bonds is 6. The molecule has 150 valence electrons. The topological polar surface area (TPSA) is 98.2 Å². The van der Waals surface area contributed by atoms with E-state index >= 15 is 0 Å². The number of ether oxygens (including phenoxy) is 1. The van der Waals surface area contributed by atoms with Gasteiger partial charge >= 0.3 is 0 Å². The molecule has 0 aliphatic heterocycles. The molecule has 1 heterocycles. The van der Waals surface area contributed by atoms with Crippen molar-refractivity contribution in [2.45, 2.75) is 70.9 Å². The van der Waals surface area contributed by atoms with E-state index < -0.39 is 21.8 Å². The van der Waals surface area contributed by atoms with Crippen LogP contribution in [0.5, 0.6) is 5.88 Å². The number of amides is 1. The Morgan fingerprint density at radius 3 is 2.52 bits per heavy atom. The molecule has 1 aliphatic rings. The molecular weight excluding hydrogens is 366 g/mol. The van der Waals surface area contributed by atoms with Gasteiger partial charge in [0.15, 0.2) is 9.84 Å². The summed E-state index contributed by atoms with van der Waals surface area (Å²) in [5.41, 5.74) is -0.0107. The van der Waals surface area contributed by atoms with Crippen LogP contribution in [0.25, 0.3) is 0 Å². The molecule has 1 aromatic heterocycles. The molecule has 7 nitrogen and oxygen atoms in total. The summed E-state index contributed by atoms with van der Waals surface area (Å²) >= 11 is 0. The van der Waals surface area contributed by atoms with E-state index in [0.29, 0.717) is 11.7 Å². The highest BCUT2D eigenvalue weighted by Crippen LogP contribution is 2.27. The lowest BCUT2D eigenvalue weighted by molar-refractivity contribution is 0.0937. The fraction of sp³-hybridized carbons (Fsp3) is 0.632. The minimum absolute atomic E-state index is 0.0572. The fourth-order valence-corrected chi connectivity index (χ4v) is 3.25. The van der Waals surface area contributed by atoms with E-state index in [1.807, 2.05) is 20.8 Å². The zero-order valence-corrected chi connectivity index (χ0v) is 17.5. The SMILES string of the molecule is C[C@@H](/C=C/S(C)(=O)=O)NC(=O)c1cnc(C(C)(C)C)nc1OC1CCCC1. The molecule has 1 saturated carbocycles. The van der Waals surface area contributed by atoms with Gasteiger partial charge in [-0.05, 0) is 32.6 Å². The van der Waals surface area contributed by atoms with E-state index in [4.69, 9.17) is 4.74 Å². The van der Waals surface area contributed by atoms with Crippen LogP contribution in [0.2, 0.25) is 0 Å². The third-order valence-electron chi connectivity index (χ3n) is 4.22. The molecule has 1 amide bonds. The summed E-state index contributed by atoms with van der Waals surface area (Å²) in [5.74, 6) is 0.504. The van der Waals surface area contributed by atoms with Crippen LogP contribution in [-0.2, 0) is 15.3 Å². The standard InChI is InChI=1S/C19H29N3O4S/c1-13(10-11-27(5,24)25)21-16(23)15-12-20-18(19(2,3)4)22-17(15)26-14-8-6-7-9-14/h10-14H,6-9H2,1-5H3,(H,21,23)/b11-10+/t13-/m0/s1. The van der Waals surface area contributed by atoms with Crippen molar-refractivity contribution >= 4 is 15.7 Å². The first-order chi connectivity index (χ1) is 12.5. The summed E-state index contributed by atoms with van der Waals surface area (Å²) in [7, 11) is -3.25. The molecule has 1 aromatic rings. The molecule has 0 aromatic carbocycles. The van der Waals surface area contributed by atoms with Crippen LogP contribution < -0.4 is 10.1 Å². The van der Waals surface area contributed by atoms with Crippen LogP contribution in [0.3, 0.4) is 0 Å². The Morgan fingerprint density at radius 2 is 1.96 bits per heavy atom. The zero-order chi connectivity index (χ0) is 20.2. The maximum Gasteiger partial charge on any atom is 0.258 e. The van der Waals surface area contributed by atoms with E-state index in [-0.39, 0.29) is 17.1 Å². The highest BCUT2D eigenvalue weighted by Gasteiger charge is 2.25. The van der Waals surface area contributed by atoms with Gasteiger partial charge in [-0.25, -0.2) is 13.4 Å². The van der Waals surface area contributed by atoms with Crippen molar-refractivity contribution in [3.05, 3.63) is 29.1 Å². The Bertz CT molecular complexity index is 807. The van der Waals surface area contributed by atoms with Crippen molar-refractivity contribution in [1.82, 2.24) is 15.3 Å². The fourth-order valence-electron chi connectivity index (χ4n) is 2.73. The molecule has 0 bridgehead atoms. The van der Waals surface area contributed by atoms with E-state index in [1.165, 1.54) is 12.3 Å². The highest BCUT2D eigenvalue weighted by atomic mass is 32.2. The van der Waals surface area contributed by atoms with Gasteiger partial charge in [-0.15, -0.1) is 0 Å². The quantitative estimate of drug-likeness (QED) is 0.795. The van der Waals surface area contributed by atoms with Gasteiger partial charge < -0.3 is 10.1 Å². The van der Waals surface area contributed by atoms with Crippen molar-refractivity contribution in [2.75, 3.05) is 6.26 Å². The summed E-state index contributed by atoms with van der Waals surface area (Å²) in [6, 6.07) is -0.464. The molecule has 0 unspecified atom stereocenters. The minimum Gasteiger partial charge on any atom is -0.474 e. The van der Waals surface area contributed by atoms with Crippen LogP contribution in [0.1, 0.15) is 69.6 Å². The maximum atomic E-state index is 12.7. The molecule has 27 heavy (non-hydrogen) atoms. The lowest BCUT2D eigenvalue weighted by Gasteiger charge is -2.21. The Labute approximate surface area is 161 Å². The monoisotopic (exact) mass is 395 g/mol. The van der Waals surface area contributed by atoms with Gasteiger partial charge in [-0.1, -0.05) is 26.8 Å². The molecule has 0 radical (unpaired) electrons. The molecular formula is C19H29N3O4S. The molecule has 1 N–H and O–H groups in total. The Hall–Kier alpha value is -1.96. The number of aromatic nitrogens is 2. The van der Waals surface area contributed by atoms with Gasteiger partial charge in [0.2, 0.25) is 5.88 Å². The highest BCUT2D eigenvalue weighted by molar-refractivity contribution is 7.93. The zero-order valence-electron chi connectivity index (χ0n) is 16.7. The molecule has 1 atom stereocenters. The summed E-state index contributed by atoms with van der Waals surface area (Å²) in [6.07, 6.45) is 8.18. The van der Waals surface area contributed by atoms with Crippen molar-refractivity contribution in [1.29, 1.82) is 0 Å². The van der Waals surface area contributed by atoms with Gasteiger partial charge in [-0.3, -0.25) is 4.79 Å². The third-order valence-corrected chi connectivity index (χ3v) is 4.87. The van der Waals surface area contributed by atoms with Crippen LogP contribution in [0.4, 0.5) is 0 Å². The van der Waals surface area contributed by atoms with Gasteiger partial charge in [0.05, 0.1) is 0 Å². The van der Waals surface area contributed by atoms with E-state index in [2.05, 4.69) is 15.3 Å². The van der Waals surface area contributed by atoms with E-state index in [1.54, 1.807) is 6.92 Å². The van der Waals surface area contributed by atoms with Crippen LogP contribution in [0.15, 0.2) is 17.7 Å². The average Bonchev–Trinajstić information content (AvgIpc) is 3.04. The largest absolute Gasteiger partial charge is 0.474 e. The first kappa shape index (κ1) is 21.3. The summed E-state index contributed by atoms with van der Waals surface area (Å²) < 4.78 is 28.5. The minimum atomic E-state index is -3.25. The number of carbonyl (C=O) groups is 1. The predicted molar refractivity (Wildman–Crippen MR) is 105 cm³/mol. The Kier molecular flexibility index (Phi) is 6.62. The predicted octanol–water partition coefficient (Wildman–Crippen LogP) is 2.77. The van der Waals surface area contributed by atoms with E-state index in [0.717, 1.165) is 37.3 Å². The molecule has 0 spiro atoms. The number of nitrogens with zero attached hydrogens (tertiary/aromatic N) is 2. The second-order valence-corrected chi connectivity index (χ2v) is 10.0. The Morgan fingerprint density at radius 1 is 1.33 bits per heavy atom. The third kappa shape index (κ3) is 6.61. The van der Waals surface area contributed by atoms with Crippen molar-refractivity contribution < 1.29 is 17.9 Å². The molecule has 8 heteroatoms. The molecule has 2 rings (SSSR count). The smallest absolute Gasteiger partial charge is 0.258 e. The Balaban J connectivity index is 2.25. The number of nitrogens with one attached hydrogen (secondary N) is 1. The summed E-state index contributed by atoms with van der Waals surface area (Å²) in [6.45, 7) is 7.69. The number of hydrogen-bond donors (Lipinski definition) is 1. The van der Waals surface area contributed by atoms with Gasteiger partial charge in [-0.2, -0.15) is 4.98 Å². The number of hydrogen-bond acceptors (Lipinski definition) is 6. The summed E-state index contributed by atoms with van der Waals surface area (Å²) in [4.78, 5) is 21.5. The maximum absolute atomic E-state index is 12.7. The molecule has 1 fully saturated rings. The van der Waals surface area contributed by atoms with Crippen molar-refractivity contribution in [3.8, 4) is 5.88 Å². The summed E-state index contributed by atoms with van der Waals surface area (Å²) in [5, 5.41) is 3.82. The lowest BCUT2D eigenvalue weighted by atomic mass is 9.95. The first-order valence-corrected chi connectivity index (χ1v) is 11.1. The van der Waals surface area contributed by atoms with Gasteiger partial charge in [0, 0.05) is 29.3 Å². The molecule has 0 saturated heterocycles. The van der Waals surface area contributed by atoms with Crippen LogP contribution in [0, 0.1) is 0 Å².